The van der Waals surface area contributed by atoms with Crippen LogP contribution in [0.5, 0.6) is 0 Å². The van der Waals surface area contributed by atoms with Crippen LogP contribution >= 0.6 is 15.9 Å². The van der Waals surface area contributed by atoms with Gasteiger partial charge in [0.2, 0.25) is 0 Å². The Labute approximate surface area is 125 Å². The van der Waals surface area contributed by atoms with Gasteiger partial charge in [-0.15, -0.1) is 0 Å². The standard InChI is InChI=1S/C16H16BrF2N/c1-2-16(20,11-6-4-3-5-7-11)10-12-14(18)9-8-13(17)15(12)19/h3-9H,2,10,20H2,1H3. The summed E-state index contributed by atoms with van der Waals surface area (Å²) >= 11 is 3.08. The van der Waals surface area contributed by atoms with Gasteiger partial charge in [0, 0.05) is 17.5 Å². The molecule has 1 nitrogen and oxygen atoms in total. The summed E-state index contributed by atoms with van der Waals surface area (Å²) < 4.78 is 28.2. The van der Waals surface area contributed by atoms with Gasteiger partial charge < -0.3 is 5.73 Å². The van der Waals surface area contributed by atoms with Crippen LogP contribution in [-0.4, -0.2) is 0 Å². The number of hydrogen-bond acceptors (Lipinski definition) is 1. The van der Waals surface area contributed by atoms with Crippen LogP contribution < -0.4 is 5.73 Å². The highest BCUT2D eigenvalue weighted by Crippen LogP contribution is 2.31. The Kier molecular flexibility index (Phi) is 4.55. The normalized spacial score (nSPS) is 14.1. The lowest BCUT2D eigenvalue weighted by atomic mass is 9.82. The summed E-state index contributed by atoms with van der Waals surface area (Å²) in [5.74, 6) is -1.14. The third kappa shape index (κ3) is 2.91. The van der Waals surface area contributed by atoms with Crippen molar-refractivity contribution in [1.82, 2.24) is 0 Å². The topological polar surface area (TPSA) is 26.0 Å². The fraction of sp³-hybridized carbons (Fsp3) is 0.250. The Morgan fingerprint density at radius 3 is 2.35 bits per heavy atom. The molecule has 4 heteroatoms. The Bertz CT molecular complexity index is 601. The molecule has 0 bridgehead atoms. The van der Waals surface area contributed by atoms with Crippen LogP contribution in [0.1, 0.15) is 24.5 Å². The van der Waals surface area contributed by atoms with Crippen molar-refractivity contribution in [3.8, 4) is 0 Å². The zero-order chi connectivity index (χ0) is 14.8. The number of hydrogen-bond donors (Lipinski definition) is 1. The number of halogens is 3. The minimum atomic E-state index is -0.788. The van der Waals surface area contributed by atoms with Crippen molar-refractivity contribution in [2.45, 2.75) is 25.3 Å². The van der Waals surface area contributed by atoms with Crippen molar-refractivity contribution < 1.29 is 8.78 Å². The molecule has 0 saturated heterocycles. The van der Waals surface area contributed by atoms with Crippen LogP contribution in [-0.2, 0) is 12.0 Å². The highest BCUT2D eigenvalue weighted by atomic mass is 79.9. The summed E-state index contributed by atoms with van der Waals surface area (Å²) in [6.07, 6.45) is 0.701. The highest BCUT2D eigenvalue weighted by molar-refractivity contribution is 9.10. The van der Waals surface area contributed by atoms with Crippen LogP contribution in [0, 0.1) is 11.6 Å². The van der Waals surface area contributed by atoms with E-state index < -0.39 is 17.2 Å². The molecule has 0 radical (unpaired) electrons. The Balaban J connectivity index is 2.44. The minimum Gasteiger partial charge on any atom is -0.321 e. The van der Waals surface area contributed by atoms with Gasteiger partial charge in [0.1, 0.15) is 11.6 Å². The van der Waals surface area contributed by atoms with Crippen molar-refractivity contribution in [3.05, 3.63) is 69.7 Å². The SMILES string of the molecule is CCC(N)(Cc1c(F)ccc(Br)c1F)c1ccccc1. The van der Waals surface area contributed by atoms with Crippen LogP contribution in [0.3, 0.4) is 0 Å². The van der Waals surface area contributed by atoms with E-state index in [1.165, 1.54) is 12.1 Å². The van der Waals surface area contributed by atoms with Gasteiger partial charge in [-0.25, -0.2) is 8.78 Å². The number of nitrogens with two attached hydrogens (primary N) is 1. The van der Waals surface area contributed by atoms with Crippen LogP contribution in [0.15, 0.2) is 46.9 Å². The Morgan fingerprint density at radius 1 is 1.10 bits per heavy atom. The van der Waals surface area contributed by atoms with Crippen molar-refractivity contribution in [1.29, 1.82) is 0 Å². The molecular formula is C16H16BrF2N. The molecule has 2 N–H and O–H groups in total. The number of rotatable bonds is 4. The molecule has 20 heavy (non-hydrogen) atoms. The second kappa shape index (κ2) is 6.02. The molecule has 1 atom stereocenters. The lowest BCUT2D eigenvalue weighted by Gasteiger charge is -2.29. The molecule has 106 valence electrons. The second-order valence-corrected chi connectivity index (χ2v) is 5.73. The van der Waals surface area contributed by atoms with E-state index in [9.17, 15) is 8.78 Å². The minimum absolute atomic E-state index is 0.0209. The monoisotopic (exact) mass is 339 g/mol. The first-order chi connectivity index (χ1) is 9.48. The molecule has 1 unspecified atom stereocenters. The lowest BCUT2D eigenvalue weighted by molar-refractivity contribution is 0.404. The fourth-order valence-corrected chi connectivity index (χ4v) is 2.62. The molecule has 0 aliphatic heterocycles. The highest BCUT2D eigenvalue weighted by Gasteiger charge is 2.28. The maximum atomic E-state index is 14.1. The van der Waals surface area contributed by atoms with E-state index in [-0.39, 0.29) is 16.5 Å². The lowest BCUT2D eigenvalue weighted by Crippen LogP contribution is -2.39. The van der Waals surface area contributed by atoms with Gasteiger partial charge in [0.25, 0.3) is 0 Å². The van der Waals surface area contributed by atoms with E-state index in [1.54, 1.807) is 0 Å². The van der Waals surface area contributed by atoms with Crippen molar-refractivity contribution in [3.63, 3.8) is 0 Å². The molecule has 0 aromatic heterocycles. The largest absolute Gasteiger partial charge is 0.321 e. The van der Waals surface area contributed by atoms with Crippen LogP contribution in [0.4, 0.5) is 8.78 Å². The van der Waals surface area contributed by atoms with E-state index in [1.807, 2.05) is 37.3 Å². The van der Waals surface area contributed by atoms with E-state index in [2.05, 4.69) is 15.9 Å². The predicted molar refractivity (Wildman–Crippen MR) is 80.4 cm³/mol. The molecule has 0 saturated carbocycles. The molecule has 0 aliphatic rings. The van der Waals surface area contributed by atoms with Crippen LogP contribution in [0.25, 0.3) is 0 Å². The predicted octanol–water partition coefficient (Wildman–Crippen LogP) is 4.53. The zero-order valence-corrected chi connectivity index (χ0v) is 12.8. The average Bonchev–Trinajstić information content (AvgIpc) is 2.48. The van der Waals surface area contributed by atoms with E-state index in [0.29, 0.717) is 6.42 Å². The summed E-state index contributed by atoms with van der Waals surface area (Å²) in [7, 11) is 0. The van der Waals surface area contributed by atoms with Gasteiger partial charge in [0.05, 0.1) is 4.47 Å². The molecule has 0 heterocycles. The molecule has 2 aromatic carbocycles. The second-order valence-electron chi connectivity index (χ2n) is 4.87. The molecule has 2 aromatic rings. The smallest absolute Gasteiger partial charge is 0.143 e. The van der Waals surface area contributed by atoms with Crippen molar-refractivity contribution >= 4 is 15.9 Å². The zero-order valence-electron chi connectivity index (χ0n) is 11.2. The Morgan fingerprint density at radius 2 is 1.75 bits per heavy atom. The molecule has 0 amide bonds. The number of benzene rings is 2. The molecule has 2 rings (SSSR count). The van der Waals surface area contributed by atoms with Crippen molar-refractivity contribution in [2.24, 2.45) is 5.73 Å². The van der Waals surface area contributed by atoms with Gasteiger partial charge >= 0.3 is 0 Å². The van der Waals surface area contributed by atoms with Gasteiger partial charge in [-0.05, 0) is 40.0 Å². The maximum Gasteiger partial charge on any atom is 0.143 e. The van der Waals surface area contributed by atoms with E-state index >= 15 is 0 Å². The summed E-state index contributed by atoms with van der Waals surface area (Å²) in [6, 6.07) is 12.0. The Hall–Kier alpha value is -1.26. The first-order valence-electron chi connectivity index (χ1n) is 6.44. The van der Waals surface area contributed by atoms with Gasteiger partial charge in [0.15, 0.2) is 0 Å². The summed E-state index contributed by atoms with van der Waals surface area (Å²) in [6.45, 7) is 1.92. The van der Waals surface area contributed by atoms with Crippen LogP contribution in [0.2, 0.25) is 0 Å². The third-order valence-corrected chi connectivity index (χ3v) is 4.22. The quantitative estimate of drug-likeness (QED) is 0.813. The first kappa shape index (κ1) is 15.1. The van der Waals surface area contributed by atoms with E-state index in [0.717, 1.165) is 5.56 Å². The fourth-order valence-electron chi connectivity index (χ4n) is 2.25. The molecule has 0 spiro atoms. The first-order valence-corrected chi connectivity index (χ1v) is 7.24. The van der Waals surface area contributed by atoms with Crippen molar-refractivity contribution in [2.75, 3.05) is 0 Å². The molecular weight excluding hydrogens is 324 g/mol. The van der Waals surface area contributed by atoms with E-state index in [4.69, 9.17) is 5.73 Å². The van der Waals surface area contributed by atoms with Gasteiger partial charge in [-0.2, -0.15) is 0 Å². The van der Waals surface area contributed by atoms with Gasteiger partial charge in [-0.1, -0.05) is 37.3 Å². The average molecular weight is 340 g/mol. The summed E-state index contributed by atoms with van der Waals surface area (Å²) in [5.41, 5.74) is 6.50. The molecule has 0 aliphatic carbocycles. The molecule has 0 fully saturated rings. The summed E-state index contributed by atoms with van der Waals surface area (Å²) in [5, 5.41) is 0. The summed E-state index contributed by atoms with van der Waals surface area (Å²) in [4.78, 5) is 0. The third-order valence-electron chi connectivity index (χ3n) is 3.61. The van der Waals surface area contributed by atoms with Gasteiger partial charge in [-0.3, -0.25) is 0 Å². The maximum absolute atomic E-state index is 14.1.